The van der Waals surface area contributed by atoms with Crippen LogP contribution < -0.4 is 5.73 Å². The van der Waals surface area contributed by atoms with Gasteiger partial charge in [-0.05, 0) is 69.0 Å². The summed E-state index contributed by atoms with van der Waals surface area (Å²) >= 11 is 0. The first-order valence-corrected chi connectivity index (χ1v) is 9.86. The molecule has 0 saturated carbocycles. The molecule has 1 aromatic heterocycles. The number of primary amides is 1. The summed E-state index contributed by atoms with van der Waals surface area (Å²) in [7, 11) is 0. The summed E-state index contributed by atoms with van der Waals surface area (Å²) in [6.45, 7) is 6.35. The van der Waals surface area contributed by atoms with Crippen molar-refractivity contribution in [2.45, 2.75) is 38.6 Å². The maximum absolute atomic E-state index is 15.0. The fourth-order valence-corrected chi connectivity index (χ4v) is 4.12. The van der Waals surface area contributed by atoms with Crippen molar-refractivity contribution in [1.29, 1.82) is 0 Å². The Morgan fingerprint density at radius 3 is 2.76 bits per heavy atom. The molecule has 7 heteroatoms. The number of hydrogen-bond acceptors (Lipinski definition) is 3. The number of imidazole rings is 1. The average Bonchev–Trinajstić information content (AvgIpc) is 3.10. The number of rotatable bonds is 4. The monoisotopic (exact) mass is 398 g/mol. The lowest BCUT2D eigenvalue weighted by atomic mass is 9.89. The Bertz CT molecular complexity index is 1080. The van der Waals surface area contributed by atoms with E-state index in [2.05, 4.69) is 28.7 Å². The molecule has 1 aliphatic rings. The maximum Gasteiger partial charge on any atom is 0.251 e. The van der Waals surface area contributed by atoms with Crippen LogP contribution in [0.15, 0.2) is 30.3 Å². The van der Waals surface area contributed by atoms with Gasteiger partial charge in [0.2, 0.25) is 0 Å². The zero-order valence-corrected chi connectivity index (χ0v) is 16.5. The number of aromatic amines is 1. The van der Waals surface area contributed by atoms with E-state index >= 15 is 0 Å². The van der Waals surface area contributed by atoms with Crippen LogP contribution in [0, 0.1) is 11.6 Å². The van der Waals surface area contributed by atoms with Crippen LogP contribution in [0.4, 0.5) is 8.78 Å². The van der Waals surface area contributed by atoms with Gasteiger partial charge in [0.15, 0.2) is 0 Å². The molecule has 3 aromatic rings. The normalized spacial score (nSPS) is 17.9. The number of H-pyrrole nitrogens is 1. The van der Waals surface area contributed by atoms with Gasteiger partial charge in [0.25, 0.3) is 5.91 Å². The first kappa shape index (κ1) is 19.5. The molecule has 5 nitrogen and oxygen atoms in total. The number of benzene rings is 2. The number of carbonyl (C=O) groups is 1. The molecule has 1 amide bonds. The van der Waals surface area contributed by atoms with Gasteiger partial charge < -0.3 is 15.6 Å². The Hall–Kier alpha value is -2.80. The van der Waals surface area contributed by atoms with Gasteiger partial charge >= 0.3 is 0 Å². The van der Waals surface area contributed by atoms with Crippen molar-refractivity contribution in [1.82, 2.24) is 14.9 Å². The zero-order chi connectivity index (χ0) is 20.7. The quantitative estimate of drug-likeness (QED) is 0.692. The summed E-state index contributed by atoms with van der Waals surface area (Å²) in [5, 5.41) is 0. The van der Waals surface area contributed by atoms with E-state index in [1.807, 2.05) is 6.07 Å². The summed E-state index contributed by atoms with van der Waals surface area (Å²) in [5.41, 5.74) is 7.07. The summed E-state index contributed by atoms with van der Waals surface area (Å²) in [4.78, 5) is 21.2. The largest absolute Gasteiger partial charge is 0.366 e. The molecule has 0 aliphatic carbocycles. The van der Waals surface area contributed by atoms with Crippen LogP contribution in [0.25, 0.3) is 22.4 Å². The highest BCUT2D eigenvalue weighted by Gasteiger charge is 2.24. The first-order valence-electron chi connectivity index (χ1n) is 9.86. The minimum atomic E-state index is -0.782. The topological polar surface area (TPSA) is 75.0 Å². The van der Waals surface area contributed by atoms with E-state index in [0.29, 0.717) is 17.5 Å². The molecule has 2 heterocycles. The lowest BCUT2D eigenvalue weighted by Gasteiger charge is -2.35. The van der Waals surface area contributed by atoms with Crippen LogP contribution in [0.3, 0.4) is 0 Å². The lowest BCUT2D eigenvalue weighted by molar-refractivity contribution is 0.100. The van der Waals surface area contributed by atoms with Crippen molar-refractivity contribution in [3.63, 3.8) is 0 Å². The van der Waals surface area contributed by atoms with Gasteiger partial charge in [0, 0.05) is 12.6 Å². The molecule has 0 spiro atoms. The molecule has 2 aromatic carbocycles. The fourth-order valence-electron chi connectivity index (χ4n) is 4.12. The molecule has 4 rings (SSSR count). The van der Waals surface area contributed by atoms with Gasteiger partial charge in [-0.15, -0.1) is 0 Å². The van der Waals surface area contributed by atoms with E-state index in [-0.39, 0.29) is 22.5 Å². The number of amides is 1. The number of fused-ring (bicyclic) bond motifs is 1. The number of halogens is 2. The van der Waals surface area contributed by atoms with E-state index in [1.54, 1.807) is 12.1 Å². The van der Waals surface area contributed by atoms with Gasteiger partial charge in [-0.25, -0.2) is 13.8 Å². The summed E-state index contributed by atoms with van der Waals surface area (Å²) in [5.74, 6) is -1.26. The molecule has 3 N–H and O–H groups in total. The highest BCUT2D eigenvalue weighted by Crippen LogP contribution is 2.32. The number of nitrogens with one attached hydrogen (secondary N) is 1. The number of nitrogens with two attached hydrogens (primary N) is 1. The van der Waals surface area contributed by atoms with E-state index in [1.165, 1.54) is 6.07 Å². The number of carbonyl (C=O) groups excluding carboxylic acids is 1. The predicted octanol–water partition coefficient (Wildman–Crippen LogP) is 4.19. The Labute approximate surface area is 167 Å². The van der Waals surface area contributed by atoms with Crippen LogP contribution in [0.5, 0.6) is 0 Å². The Balaban J connectivity index is 1.68. The highest BCUT2D eigenvalue weighted by atomic mass is 19.1. The van der Waals surface area contributed by atoms with Crippen molar-refractivity contribution < 1.29 is 13.6 Å². The summed E-state index contributed by atoms with van der Waals surface area (Å²) in [6, 6.07) is 7.90. The van der Waals surface area contributed by atoms with Crippen LogP contribution in [0.1, 0.15) is 48.5 Å². The molecule has 1 atom stereocenters. The molecule has 152 valence electrons. The van der Waals surface area contributed by atoms with E-state index in [9.17, 15) is 13.6 Å². The van der Waals surface area contributed by atoms with Crippen LogP contribution in [-0.4, -0.2) is 39.9 Å². The standard InChI is InChI=1S/C22H24F2N4O/c1-12(2)28-7-3-4-14(11-28)13-5-6-16(18(24)8-13)22-26-19-10-15(23)9-17(21(25)29)20(19)27-22/h5-6,8-10,12,14H,3-4,7,11H2,1-2H3,(H2,25,29)(H,26,27). The predicted molar refractivity (Wildman–Crippen MR) is 109 cm³/mol. The zero-order valence-electron chi connectivity index (χ0n) is 16.5. The fraction of sp³-hybridized carbons (Fsp3) is 0.364. The third kappa shape index (κ3) is 3.74. The molecular formula is C22H24F2N4O. The second-order valence-corrected chi connectivity index (χ2v) is 7.97. The Morgan fingerprint density at radius 1 is 1.28 bits per heavy atom. The first-order chi connectivity index (χ1) is 13.8. The third-order valence-corrected chi connectivity index (χ3v) is 5.72. The SMILES string of the molecule is CC(C)N1CCCC(c2ccc(-c3nc4c(C(N)=O)cc(F)cc4[nH]3)c(F)c2)C1. The number of hydrogen-bond donors (Lipinski definition) is 2. The number of likely N-dealkylation sites (tertiary alicyclic amines) is 1. The van der Waals surface area contributed by atoms with Crippen molar-refractivity contribution >= 4 is 16.9 Å². The number of piperidine rings is 1. The average molecular weight is 398 g/mol. The van der Waals surface area contributed by atoms with Crippen molar-refractivity contribution in [2.75, 3.05) is 13.1 Å². The van der Waals surface area contributed by atoms with Gasteiger partial charge in [-0.1, -0.05) is 6.07 Å². The second-order valence-electron chi connectivity index (χ2n) is 7.97. The lowest BCUT2D eigenvalue weighted by Crippen LogP contribution is -2.39. The Morgan fingerprint density at radius 2 is 2.07 bits per heavy atom. The minimum absolute atomic E-state index is 0.0319. The molecule has 1 saturated heterocycles. The van der Waals surface area contributed by atoms with Crippen LogP contribution in [0.2, 0.25) is 0 Å². The van der Waals surface area contributed by atoms with Gasteiger partial charge in [0.05, 0.1) is 16.6 Å². The van der Waals surface area contributed by atoms with Crippen molar-refractivity contribution in [3.05, 3.63) is 53.1 Å². The van der Waals surface area contributed by atoms with Gasteiger partial charge in [-0.2, -0.15) is 0 Å². The molecule has 0 radical (unpaired) electrons. The van der Waals surface area contributed by atoms with Gasteiger partial charge in [0.1, 0.15) is 23.0 Å². The van der Waals surface area contributed by atoms with Crippen molar-refractivity contribution in [2.24, 2.45) is 5.73 Å². The minimum Gasteiger partial charge on any atom is -0.366 e. The molecule has 1 aliphatic heterocycles. The molecule has 1 unspecified atom stereocenters. The number of nitrogens with zero attached hydrogens (tertiary/aromatic N) is 2. The van der Waals surface area contributed by atoms with E-state index < -0.39 is 17.5 Å². The summed E-state index contributed by atoms with van der Waals surface area (Å²) in [6.07, 6.45) is 2.13. The highest BCUT2D eigenvalue weighted by molar-refractivity contribution is 6.04. The number of aromatic nitrogens is 2. The van der Waals surface area contributed by atoms with Crippen LogP contribution >= 0.6 is 0 Å². The molecular weight excluding hydrogens is 374 g/mol. The van der Waals surface area contributed by atoms with Crippen LogP contribution in [-0.2, 0) is 0 Å². The molecule has 29 heavy (non-hydrogen) atoms. The van der Waals surface area contributed by atoms with E-state index in [4.69, 9.17) is 5.73 Å². The van der Waals surface area contributed by atoms with Crippen molar-refractivity contribution in [3.8, 4) is 11.4 Å². The Kier molecular flexibility index (Phi) is 5.08. The molecule has 1 fully saturated rings. The molecule has 0 bridgehead atoms. The summed E-state index contributed by atoms with van der Waals surface area (Å²) < 4.78 is 28.7. The smallest absolute Gasteiger partial charge is 0.251 e. The second kappa shape index (κ2) is 7.55. The maximum atomic E-state index is 15.0. The third-order valence-electron chi connectivity index (χ3n) is 5.72. The van der Waals surface area contributed by atoms with Gasteiger partial charge in [-0.3, -0.25) is 4.79 Å². The van der Waals surface area contributed by atoms with E-state index in [0.717, 1.165) is 37.6 Å².